The Balaban J connectivity index is 1.23. The number of hydrogen-bond acceptors (Lipinski definition) is 7. The number of halogens is 3. The van der Waals surface area contributed by atoms with Crippen LogP contribution in [0.5, 0.6) is 0 Å². The molecule has 1 aliphatic heterocycles. The number of aromatic nitrogens is 5. The van der Waals surface area contributed by atoms with Crippen molar-refractivity contribution in [1.82, 2.24) is 24.8 Å². The van der Waals surface area contributed by atoms with Crippen molar-refractivity contribution < 1.29 is 18.0 Å². The van der Waals surface area contributed by atoms with Gasteiger partial charge in [-0.05, 0) is 50.2 Å². The standard InChI is InChI=1S/C20H22F3N7OS/c1-11-2-3-13-14(10-11)32-19(24-13)25-17(31)12-6-8-29(9-7-12)16-5-4-15-26-27-18(20(21,22)23)30(15)28-16/h4-5,11-12H,2-3,6-10H2,1H3,(H,24,25,31). The normalized spacial score (nSPS) is 19.9. The van der Waals surface area contributed by atoms with E-state index in [1.54, 1.807) is 17.4 Å². The first kappa shape index (κ1) is 21.1. The van der Waals surface area contributed by atoms with Crippen molar-refractivity contribution in [3.63, 3.8) is 0 Å². The van der Waals surface area contributed by atoms with E-state index >= 15 is 0 Å². The predicted molar refractivity (Wildman–Crippen MR) is 113 cm³/mol. The molecule has 32 heavy (non-hydrogen) atoms. The van der Waals surface area contributed by atoms with E-state index in [9.17, 15) is 18.0 Å². The Hall–Kier alpha value is -2.76. The molecule has 4 heterocycles. The van der Waals surface area contributed by atoms with Crippen LogP contribution in [0.15, 0.2) is 12.1 Å². The quantitative estimate of drug-likeness (QED) is 0.636. The third-order valence-electron chi connectivity index (χ3n) is 6.11. The average molecular weight is 466 g/mol. The van der Waals surface area contributed by atoms with E-state index in [1.165, 1.54) is 10.9 Å². The number of amides is 1. The Morgan fingerprint density at radius 3 is 2.72 bits per heavy atom. The molecule has 0 radical (unpaired) electrons. The van der Waals surface area contributed by atoms with Gasteiger partial charge in [-0.2, -0.15) is 17.7 Å². The van der Waals surface area contributed by atoms with Gasteiger partial charge in [0.05, 0.1) is 5.69 Å². The smallest absolute Gasteiger partial charge is 0.355 e. The van der Waals surface area contributed by atoms with E-state index < -0.39 is 12.0 Å². The topological polar surface area (TPSA) is 88.3 Å². The Morgan fingerprint density at radius 2 is 1.97 bits per heavy atom. The lowest BCUT2D eigenvalue weighted by Crippen LogP contribution is -2.38. The van der Waals surface area contributed by atoms with E-state index in [2.05, 4.69) is 32.5 Å². The summed E-state index contributed by atoms with van der Waals surface area (Å²) >= 11 is 1.56. The van der Waals surface area contributed by atoms with Crippen molar-refractivity contribution in [2.75, 3.05) is 23.3 Å². The van der Waals surface area contributed by atoms with Crippen LogP contribution in [-0.2, 0) is 23.8 Å². The molecule has 2 aliphatic rings. The van der Waals surface area contributed by atoms with Gasteiger partial charge in [-0.25, -0.2) is 4.98 Å². The van der Waals surface area contributed by atoms with Crippen LogP contribution in [0.1, 0.15) is 42.6 Å². The average Bonchev–Trinajstić information content (AvgIpc) is 3.36. The second-order valence-corrected chi connectivity index (χ2v) is 9.55. The second-order valence-electron chi connectivity index (χ2n) is 8.47. The van der Waals surface area contributed by atoms with Crippen molar-refractivity contribution >= 4 is 33.8 Å². The molecule has 0 saturated carbocycles. The molecule has 1 aliphatic carbocycles. The number of carbonyl (C=O) groups is 1. The zero-order valence-electron chi connectivity index (χ0n) is 17.4. The lowest BCUT2D eigenvalue weighted by Gasteiger charge is -2.31. The maximum atomic E-state index is 13.1. The number of piperidine rings is 1. The lowest BCUT2D eigenvalue weighted by atomic mass is 9.93. The lowest BCUT2D eigenvalue weighted by molar-refractivity contribution is -0.146. The molecule has 1 amide bonds. The largest absolute Gasteiger partial charge is 0.453 e. The van der Waals surface area contributed by atoms with Crippen LogP contribution in [0.2, 0.25) is 0 Å². The van der Waals surface area contributed by atoms with Gasteiger partial charge >= 0.3 is 6.18 Å². The number of anilines is 2. The Labute approximate surface area is 185 Å². The molecule has 1 fully saturated rings. The molecule has 0 spiro atoms. The third kappa shape index (κ3) is 4.03. The number of aryl methyl sites for hydroxylation is 1. The van der Waals surface area contributed by atoms with Crippen molar-refractivity contribution in [2.24, 2.45) is 11.8 Å². The van der Waals surface area contributed by atoms with E-state index in [-0.39, 0.29) is 17.5 Å². The summed E-state index contributed by atoms with van der Waals surface area (Å²) in [5.41, 5.74) is 1.14. The molecule has 8 nitrogen and oxygen atoms in total. The van der Waals surface area contributed by atoms with Gasteiger partial charge in [0.1, 0.15) is 5.82 Å². The van der Waals surface area contributed by atoms with Gasteiger partial charge in [0.2, 0.25) is 5.91 Å². The van der Waals surface area contributed by atoms with Crippen LogP contribution in [-0.4, -0.2) is 43.8 Å². The molecular weight excluding hydrogens is 443 g/mol. The van der Waals surface area contributed by atoms with Crippen LogP contribution in [0.25, 0.3) is 5.65 Å². The van der Waals surface area contributed by atoms with Crippen molar-refractivity contribution in [2.45, 2.75) is 45.2 Å². The van der Waals surface area contributed by atoms with Gasteiger partial charge in [0, 0.05) is 23.9 Å². The molecule has 5 rings (SSSR count). The highest BCUT2D eigenvalue weighted by atomic mass is 32.1. The summed E-state index contributed by atoms with van der Waals surface area (Å²) in [4.78, 5) is 20.5. The summed E-state index contributed by atoms with van der Waals surface area (Å²) in [5.74, 6) is -0.317. The molecule has 3 aromatic rings. The number of rotatable bonds is 3. The number of nitrogens with zero attached hydrogens (tertiary/aromatic N) is 6. The molecule has 170 valence electrons. The molecule has 12 heteroatoms. The highest BCUT2D eigenvalue weighted by Gasteiger charge is 2.38. The van der Waals surface area contributed by atoms with E-state index in [1.807, 2.05) is 4.90 Å². The maximum absolute atomic E-state index is 13.1. The van der Waals surface area contributed by atoms with Gasteiger partial charge in [-0.3, -0.25) is 4.79 Å². The summed E-state index contributed by atoms with van der Waals surface area (Å²) in [5, 5.41) is 14.5. The molecule has 3 aromatic heterocycles. The molecular formula is C20H22F3N7OS. The first-order chi connectivity index (χ1) is 15.3. The van der Waals surface area contributed by atoms with Crippen LogP contribution in [0, 0.1) is 11.8 Å². The number of thiazole rings is 1. The molecule has 1 saturated heterocycles. The van der Waals surface area contributed by atoms with Crippen LogP contribution >= 0.6 is 11.3 Å². The third-order valence-corrected chi connectivity index (χ3v) is 7.14. The SMILES string of the molecule is CC1CCc2nc(NC(=O)C3CCN(c4ccc5nnc(C(F)(F)F)n5n4)CC3)sc2C1. The van der Waals surface area contributed by atoms with E-state index in [0.29, 0.717) is 42.8 Å². The summed E-state index contributed by atoms with van der Waals surface area (Å²) in [6, 6.07) is 3.10. The highest BCUT2D eigenvalue weighted by Crippen LogP contribution is 2.33. The first-order valence-electron chi connectivity index (χ1n) is 10.6. The molecule has 1 N–H and O–H groups in total. The Kier molecular flexibility index (Phi) is 5.26. The minimum Gasteiger partial charge on any atom is -0.355 e. The van der Waals surface area contributed by atoms with Gasteiger partial charge < -0.3 is 10.2 Å². The molecule has 1 unspecified atom stereocenters. The van der Waals surface area contributed by atoms with E-state index in [4.69, 9.17) is 0 Å². The van der Waals surface area contributed by atoms with Crippen LogP contribution in [0.3, 0.4) is 0 Å². The summed E-state index contributed by atoms with van der Waals surface area (Å²) in [7, 11) is 0. The number of carbonyl (C=O) groups excluding carboxylic acids is 1. The Bertz CT molecular complexity index is 1150. The minimum atomic E-state index is -4.64. The fourth-order valence-electron chi connectivity index (χ4n) is 4.30. The van der Waals surface area contributed by atoms with Gasteiger partial charge in [-0.1, -0.05) is 6.92 Å². The Morgan fingerprint density at radius 1 is 1.19 bits per heavy atom. The van der Waals surface area contributed by atoms with Crippen molar-refractivity contribution in [3.8, 4) is 0 Å². The molecule has 0 bridgehead atoms. The number of alkyl halides is 3. The second kappa shape index (κ2) is 7.98. The number of fused-ring (bicyclic) bond motifs is 2. The first-order valence-corrected chi connectivity index (χ1v) is 11.4. The zero-order valence-corrected chi connectivity index (χ0v) is 18.2. The van der Waals surface area contributed by atoms with Crippen molar-refractivity contribution in [1.29, 1.82) is 0 Å². The van der Waals surface area contributed by atoms with Gasteiger partial charge in [0.15, 0.2) is 10.8 Å². The zero-order chi connectivity index (χ0) is 22.5. The fraction of sp³-hybridized carbons (Fsp3) is 0.550. The summed E-state index contributed by atoms with van der Waals surface area (Å²) in [6.07, 6.45) is -0.364. The maximum Gasteiger partial charge on any atom is 0.453 e. The summed E-state index contributed by atoms with van der Waals surface area (Å²) < 4.78 is 40.1. The van der Waals surface area contributed by atoms with Gasteiger partial charge in [0.25, 0.3) is 5.82 Å². The van der Waals surface area contributed by atoms with E-state index in [0.717, 1.165) is 29.5 Å². The van der Waals surface area contributed by atoms with Crippen LogP contribution in [0.4, 0.5) is 24.1 Å². The predicted octanol–water partition coefficient (Wildman–Crippen LogP) is 3.58. The van der Waals surface area contributed by atoms with Crippen molar-refractivity contribution in [3.05, 3.63) is 28.5 Å². The van der Waals surface area contributed by atoms with Crippen LogP contribution < -0.4 is 10.2 Å². The summed E-state index contributed by atoms with van der Waals surface area (Å²) in [6.45, 7) is 3.27. The fourth-order valence-corrected chi connectivity index (χ4v) is 5.47. The highest BCUT2D eigenvalue weighted by molar-refractivity contribution is 7.15. The minimum absolute atomic E-state index is 0.0378. The monoisotopic (exact) mass is 465 g/mol. The number of hydrogen-bond donors (Lipinski definition) is 1. The number of nitrogens with one attached hydrogen (secondary N) is 1. The van der Waals surface area contributed by atoms with Gasteiger partial charge in [-0.15, -0.1) is 26.6 Å². The molecule has 0 aromatic carbocycles. The molecule has 1 atom stereocenters.